The van der Waals surface area contributed by atoms with Crippen LogP contribution in [0.3, 0.4) is 0 Å². The highest BCUT2D eigenvalue weighted by Gasteiger charge is 2.39. The van der Waals surface area contributed by atoms with Crippen LogP contribution in [0.1, 0.15) is 45.7 Å². The fourth-order valence-corrected chi connectivity index (χ4v) is 2.69. The number of hydrogen-bond donors (Lipinski definition) is 1. The molecule has 1 aromatic carbocycles. The van der Waals surface area contributed by atoms with E-state index in [9.17, 15) is 9.59 Å². The molecule has 1 N–H and O–H groups in total. The Morgan fingerprint density at radius 3 is 2.43 bits per heavy atom. The molecule has 1 heterocycles. The summed E-state index contributed by atoms with van der Waals surface area (Å²) in [6, 6.07) is 9.81. The van der Waals surface area contributed by atoms with Crippen molar-refractivity contribution in [1.29, 1.82) is 0 Å². The van der Waals surface area contributed by atoms with Crippen molar-refractivity contribution in [3.63, 3.8) is 0 Å². The third-order valence-electron chi connectivity index (χ3n) is 3.96. The molecule has 1 aromatic rings. The van der Waals surface area contributed by atoms with Crippen molar-refractivity contribution in [2.45, 2.75) is 45.7 Å². The van der Waals surface area contributed by atoms with Crippen LogP contribution in [-0.2, 0) is 9.59 Å². The van der Waals surface area contributed by atoms with Gasteiger partial charge in [0.1, 0.15) is 0 Å². The molecule has 4 heteroatoms. The SMILES string of the molecule is CC(NC(=O)C1CC(=O)N(C(C)(C)C)C1)c1ccccc1. The van der Waals surface area contributed by atoms with E-state index in [1.54, 1.807) is 4.90 Å². The topological polar surface area (TPSA) is 49.4 Å². The lowest BCUT2D eigenvalue weighted by atomic mass is 10.0. The van der Waals surface area contributed by atoms with E-state index in [1.807, 2.05) is 58.0 Å². The zero-order valence-corrected chi connectivity index (χ0v) is 13.2. The summed E-state index contributed by atoms with van der Waals surface area (Å²) in [5.41, 5.74) is 0.847. The molecule has 0 bridgehead atoms. The molecule has 2 rings (SSSR count). The van der Waals surface area contributed by atoms with Crippen LogP contribution < -0.4 is 5.32 Å². The molecule has 114 valence electrons. The minimum atomic E-state index is -0.247. The van der Waals surface area contributed by atoms with E-state index in [-0.39, 0.29) is 29.3 Å². The highest BCUT2D eigenvalue weighted by atomic mass is 16.2. The summed E-state index contributed by atoms with van der Waals surface area (Å²) >= 11 is 0. The van der Waals surface area contributed by atoms with E-state index >= 15 is 0 Å². The maximum absolute atomic E-state index is 12.4. The summed E-state index contributed by atoms with van der Waals surface area (Å²) in [5, 5.41) is 3.01. The van der Waals surface area contributed by atoms with Gasteiger partial charge in [0.05, 0.1) is 12.0 Å². The van der Waals surface area contributed by atoms with E-state index in [0.29, 0.717) is 13.0 Å². The predicted octanol–water partition coefficient (Wildman–Crippen LogP) is 2.51. The number of rotatable bonds is 3. The molecular formula is C17H24N2O2. The van der Waals surface area contributed by atoms with Crippen molar-refractivity contribution in [3.8, 4) is 0 Å². The molecule has 0 saturated carbocycles. The maximum Gasteiger partial charge on any atom is 0.225 e. The van der Waals surface area contributed by atoms with Gasteiger partial charge in [-0.25, -0.2) is 0 Å². The van der Waals surface area contributed by atoms with Gasteiger partial charge in [-0.2, -0.15) is 0 Å². The number of nitrogens with zero attached hydrogens (tertiary/aromatic N) is 1. The van der Waals surface area contributed by atoms with Crippen molar-refractivity contribution in [2.75, 3.05) is 6.54 Å². The lowest BCUT2D eigenvalue weighted by Gasteiger charge is -2.32. The highest BCUT2D eigenvalue weighted by Crippen LogP contribution is 2.26. The highest BCUT2D eigenvalue weighted by molar-refractivity contribution is 5.89. The number of carbonyl (C=O) groups excluding carboxylic acids is 2. The third kappa shape index (κ3) is 3.63. The van der Waals surface area contributed by atoms with E-state index in [0.717, 1.165) is 5.56 Å². The molecular weight excluding hydrogens is 264 g/mol. The van der Waals surface area contributed by atoms with E-state index < -0.39 is 0 Å². The molecule has 2 unspecified atom stereocenters. The Morgan fingerprint density at radius 2 is 1.90 bits per heavy atom. The van der Waals surface area contributed by atoms with Gasteiger partial charge in [0.25, 0.3) is 0 Å². The second kappa shape index (κ2) is 5.88. The Morgan fingerprint density at radius 1 is 1.29 bits per heavy atom. The number of amides is 2. The first-order valence-corrected chi connectivity index (χ1v) is 7.45. The molecule has 1 aliphatic heterocycles. The van der Waals surface area contributed by atoms with Crippen molar-refractivity contribution in [1.82, 2.24) is 10.2 Å². The van der Waals surface area contributed by atoms with E-state index in [2.05, 4.69) is 5.32 Å². The number of hydrogen-bond acceptors (Lipinski definition) is 2. The van der Waals surface area contributed by atoms with Gasteiger partial charge in [-0.15, -0.1) is 0 Å². The monoisotopic (exact) mass is 288 g/mol. The van der Waals surface area contributed by atoms with Crippen molar-refractivity contribution >= 4 is 11.8 Å². The van der Waals surface area contributed by atoms with Crippen molar-refractivity contribution < 1.29 is 9.59 Å². The molecule has 0 spiro atoms. The molecule has 1 saturated heterocycles. The number of likely N-dealkylation sites (tertiary alicyclic amines) is 1. The first kappa shape index (κ1) is 15.5. The molecule has 1 fully saturated rings. The Labute approximate surface area is 126 Å². The average molecular weight is 288 g/mol. The molecule has 0 aliphatic carbocycles. The quantitative estimate of drug-likeness (QED) is 0.929. The summed E-state index contributed by atoms with van der Waals surface area (Å²) in [7, 11) is 0. The average Bonchev–Trinajstić information content (AvgIpc) is 2.82. The third-order valence-corrected chi connectivity index (χ3v) is 3.96. The lowest BCUT2D eigenvalue weighted by molar-refractivity contribution is -0.132. The summed E-state index contributed by atoms with van der Waals surface area (Å²) < 4.78 is 0. The first-order valence-electron chi connectivity index (χ1n) is 7.45. The van der Waals surface area contributed by atoms with E-state index in [4.69, 9.17) is 0 Å². The van der Waals surface area contributed by atoms with Gasteiger partial charge >= 0.3 is 0 Å². The second-order valence-electron chi connectivity index (χ2n) is 6.72. The summed E-state index contributed by atoms with van der Waals surface area (Å²) in [6.45, 7) is 8.47. The summed E-state index contributed by atoms with van der Waals surface area (Å²) in [4.78, 5) is 26.2. The van der Waals surface area contributed by atoms with Crippen LogP contribution in [0.4, 0.5) is 0 Å². The van der Waals surface area contributed by atoms with Crippen LogP contribution in [0, 0.1) is 5.92 Å². The van der Waals surface area contributed by atoms with Gasteiger partial charge in [-0.1, -0.05) is 30.3 Å². The minimum Gasteiger partial charge on any atom is -0.349 e. The number of benzene rings is 1. The summed E-state index contributed by atoms with van der Waals surface area (Å²) in [5.74, 6) is -0.218. The van der Waals surface area contributed by atoms with Gasteiger partial charge in [-0.3, -0.25) is 9.59 Å². The number of carbonyl (C=O) groups is 2. The van der Waals surface area contributed by atoms with Gasteiger partial charge in [0.2, 0.25) is 11.8 Å². The molecule has 2 atom stereocenters. The first-order chi connectivity index (χ1) is 9.79. The van der Waals surface area contributed by atoms with Crippen LogP contribution in [0.15, 0.2) is 30.3 Å². The minimum absolute atomic E-state index is 0.0357. The van der Waals surface area contributed by atoms with Crippen LogP contribution >= 0.6 is 0 Å². The summed E-state index contributed by atoms with van der Waals surface area (Å²) in [6.07, 6.45) is 0.310. The zero-order chi connectivity index (χ0) is 15.6. The van der Waals surface area contributed by atoms with Crippen LogP contribution in [0.25, 0.3) is 0 Å². The van der Waals surface area contributed by atoms with Crippen LogP contribution in [0.2, 0.25) is 0 Å². The Bertz CT molecular complexity index is 519. The largest absolute Gasteiger partial charge is 0.349 e. The van der Waals surface area contributed by atoms with Crippen molar-refractivity contribution in [2.24, 2.45) is 5.92 Å². The van der Waals surface area contributed by atoms with Gasteiger partial charge in [0, 0.05) is 18.5 Å². The van der Waals surface area contributed by atoms with Gasteiger partial charge in [-0.05, 0) is 33.3 Å². The molecule has 2 amide bonds. The maximum atomic E-state index is 12.4. The fourth-order valence-electron chi connectivity index (χ4n) is 2.69. The van der Waals surface area contributed by atoms with Crippen LogP contribution in [-0.4, -0.2) is 28.8 Å². The fraction of sp³-hybridized carbons (Fsp3) is 0.529. The lowest BCUT2D eigenvalue weighted by Crippen LogP contribution is -2.43. The Kier molecular flexibility index (Phi) is 4.35. The Balaban J connectivity index is 1.98. The van der Waals surface area contributed by atoms with Gasteiger partial charge < -0.3 is 10.2 Å². The van der Waals surface area contributed by atoms with E-state index in [1.165, 1.54) is 0 Å². The molecule has 4 nitrogen and oxygen atoms in total. The molecule has 0 radical (unpaired) electrons. The normalized spacial score (nSPS) is 20.5. The molecule has 21 heavy (non-hydrogen) atoms. The molecule has 1 aliphatic rings. The second-order valence-corrected chi connectivity index (χ2v) is 6.72. The molecule has 0 aromatic heterocycles. The van der Waals surface area contributed by atoms with Gasteiger partial charge in [0.15, 0.2) is 0 Å². The predicted molar refractivity (Wildman–Crippen MR) is 82.6 cm³/mol. The zero-order valence-electron chi connectivity index (χ0n) is 13.2. The Hall–Kier alpha value is -1.84. The van der Waals surface area contributed by atoms with Crippen LogP contribution in [0.5, 0.6) is 0 Å². The smallest absolute Gasteiger partial charge is 0.225 e. The number of nitrogens with one attached hydrogen (secondary N) is 1. The standard InChI is InChI=1S/C17H24N2O2/c1-12(13-8-6-5-7-9-13)18-16(21)14-10-15(20)19(11-14)17(2,3)4/h5-9,12,14H,10-11H2,1-4H3,(H,18,21). The van der Waals surface area contributed by atoms with Crippen molar-refractivity contribution in [3.05, 3.63) is 35.9 Å².